The second-order valence-electron chi connectivity index (χ2n) is 3.75. The van der Waals surface area contributed by atoms with E-state index in [2.05, 4.69) is 18.7 Å². The summed E-state index contributed by atoms with van der Waals surface area (Å²) in [6.45, 7) is 7.25. The van der Waals surface area contributed by atoms with Crippen molar-refractivity contribution in [2.45, 2.75) is 32.7 Å². The first kappa shape index (κ1) is 9.01. The van der Waals surface area contributed by atoms with Gasteiger partial charge in [0.05, 0.1) is 0 Å². The van der Waals surface area contributed by atoms with Crippen molar-refractivity contribution in [3.8, 4) is 0 Å². The molecule has 2 heteroatoms. The van der Waals surface area contributed by atoms with E-state index in [1.54, 1.807) is 0 Å². The SMILES string of the molecule is CC(CCO)CN1CCC1C. The third-order valence-electron chi connectivity index (χ3n) is 2.63. The third-order valence-corrected chi connectivity index (χ3v) is 2.63. The molecule has 2 nitrogen and oxygen atoms in total. The van der Waals surface area contributed by atoms with Crippen LogP contribution in [0.25, 0.3) is 0 Å². The van der Waals surface area contributed by atoms with E-state index in [0.717, 1.165) is 12.5 Å². The summed E-state index contributed by atoms with van der Waals surface area (Å²) in [6.07, 6.45) is 2.30. The van der Waals surface area contributed by atoms with E-state index >= 15 is 0 Å². The zero-order chi connectivity index (χ0) is 8.27. The molecule has 0 aromatic carbocycles. The molecule has 1 N–H and O–H groups in total. The van der Waals surface area contributed by atoms with Gasteiger partial charge in [0.2, 0.25) is 0 Å². The Kier molecular flexibility index (Phi) is 3.34. The van der Waals surface area contributed by atoms with Gasteiger partial charge in [-0.15, -0.1) is 0 Å². The Morgan fingerprint density at radius 3 is 2.73 bits per heavy atom. The molecule has 0 bridgehead atoms. The number of hydrogen-bond acceptors (Lipinski definition) is 2. The van der Waals surface area contributed by atoms with Crippen LogP contribution in [0, 0.1) is 5.92 Å². The van der Waals surface area contributed by atoms with Gasteiger partial charge in [0.25, 0.3) is 0 Å². The van der Waals surface area contributed by atoms with E-state index < -0.39 is 0 Å². The summed E-state index contributed by atoms with van der Waals surface area (Å²) in [4.78, 5) is 2.49. The van der Waals surface area contributed by atoms with Gasteiger partial charge in [-0.1, -0.05) is 6.92 Å². The van der Waals surface area contributed by atoms with Crippen LogP contribution >= 0.6 is 0 Å². The maximum atomic E-state index is 8.69. The first-order valence-electron chi connectivity index (χ1n) is 4.59. The molecule has 0 saturated carbocycles. The van der Waals surface area contributed by atoms with Gasteiger partial charge in [0, 0.05) is 19.2 Å². The van der Waals surface area contributed by atoms with E-state index in [0.29, 0.717) is 12.5 Å². The van der Waals surface area contributed by atoms with Crippen LogP contribution in [0.4, 0.5) is 0 Å². The van der Waals surface area contributed by atoms with Crippen molar-refractivity contribution in [1.29, 1.82) is 0 Å². The summed E-state index contributed by atoms with van der Waals surface area (Å²) >= 11 is 0. The Labute approximate surface area is 69.2 Å². The van der Waals surface area contributed by atoms with Gasteiger partial charge in [-0.05, 0) is 32.2 Å². The Bertz CT molecular complexity index is 116. The Morgan fingerprint density at radius 2 is 2.36 bits per heavy atom. The van der Waals surface area contributed by atoms with Crippen molar-refractivity contribution in [2.75, 3.05) is 19.7 Å². The minimum atomic E-state index is 0.337. The van der Waals surface area contributed by atoms with Gasteiger partial charge in [-0.2, -0.15) is 0 Å². The molecule has 1 heterocycles. The zero-order valence-electron chi connectivity index (χ0n) is 7.58. The quantitative estimate of drug-likeness (QED) is 0.660. The molecule has 0 aromatic heterocycles. The van der Waals surface area contributed by atoms with Crippen LogP contribution in [0.15, 0.2) is 0 Å². The lowest BCUT2D eigenvalue weighted by Gasteiger charge is -2.40. The van der Waals surface area contributed by atoms with Crippen molar-refractivity contribution < 1.29 is 5.11 Å². The van der Waals surface area contributed by atoms with Crippen LogP contribution in [-0.4, -0.2) is 35.7 Å². The lowest BCUT2D eigenvalue weighted by molar-refractivity contribution is 0.0808. The van der Waals surface area contributed by atoms with Crippen LogP contribution in [-0.2, 0) is 0 Å². The van der Waals surface area contributed by atoms with Crippen molar-refractivity contribution >= 4 is 0 Å². The fourth-order valence-corrected chi connectivity index (χ4v) is 1.55. The molecule has 1 aliphatic heterocycles. The standard InChI is InChI=1S/C9H19NO/c1-8(4-6-11)7-10-5-3-9(10)2/h8-9,11H,3-7H2,1-2H3. The molecular weight excluding hydrogens is 138 g/mol. The molecule has 0 aliphatic carbocycles. The van der Waals surface area contributed by atoms with Crippen molar-refractivity contribution in [1.82, 2.24) is 4.90 Å². The lowest BCUT2D eigenvalue weighted by Crippen LogP contribution is -2.47. The number of hydrogen-bond donors (Lipinski definition) is 1. The van der Waals surface area contributed by atoms with Gasteiger partial charge < -0.3 is 10.0 Å². The van der Waals surface area contributed by atoms with Crippen LogP contribution in [0.3, 0.4) is 0 Å². The zero-order valence-corrected chi connectivity index (χ0v) is 7.58. The molecule has 2 atom stereocenters. The van der Waals surface area contributed by atoms with Crippen molar-refractivity contribution in [3.05, 3.63) is 0 Å². The van der Waals surface area contributed by atoms with Gasteiger partial charge in [0.1, 0.15) is 0 Å². The van der Waals surface area contributed by atoms with Crippen molar-refractivity contribution in [2.24, 2.45) is 5.92 Å². The minimum Gasteiger partial charge on any atom is -0.396 e. The number of aliphatic hydroxyl groups is 1. The van der Waals surface area contributed by atoms with E-state index in [1.165, 1.54) is 19.5 Å². The van der Waals surface area contributed by atoms with Crippen LogP contribution in [0.5, 0.6) is 0 Å². The number of nitrogens with zero attached hydrogens (tertiary/aromatic N) is 1. The Hall–Kier alpha value is -0.0800. The first-order valence-corrected chi connectivity index (χ1v) is 4.59. The highest BCUT2D eigenvalue weighted by Crippen LogP contribution is 2.18. The molecule has 0 spiro atoms. The smallest absolute Gasteiger partial charge is 0.0434 e. The normalized spacial score (nSPS) is 28.1. The summed E-state index contributed by atoms with van der Waals surface area (Å²) in [5, 5.41) is 8.69. The number of aliphatic hydroxyl groups excluding tert-OH is 1. The topological polar surface area (TPSA) is 23.5 Å². The molecule has 66 valence electrons. The summed E-state index contributed by atoms with van der Waals surface area (Å²) in [7, 11) is 0. The maximum Gasteiger partial charge on any atom is 0.0434 e. The molecule has 2 unspecified atom stereocenters. The minimum absolute atomic E-state index is 0.337. The third kappa shape index (κ3) is 2.46. The largest absolute Gasteiger partial charge is 0.396 e. The molecule has 1 aliphatic rings. The molecular formula is C9H19NO. The second kappa shape index (κ2) is 4.07. The first-order chi connectivity index (χ1) is 5.24. The van der Waals surface area contributed by atoms with E-state index in [9.17, 15) is 0 Å². The second-order valence-corrected chi connectivity index (χ2v) is 3.75. The van der Waals surface area contributed by atoms with Gasteiger partial charge in [0.15, 0.2) is 0 Å². The fourth-order valence-electron chi connectivity index (χ4n) is 1.55. The highest BCUT2D eigenvalue weighted by molar-refractivity contribution is 4.79. The van der Waals surface area contributed by atoms with Crippen LogP contribution in [0.1, 0.15) is 26.7 Å². The van der Waals surface area contributed by atoms with Crippen LogP contribution < -0.4 is 0 Å². The predicted molar refractivity (Wildman–Crippen MR) is 46.5 cm³/mol. The van der Waals surface area contributed by atoms with Gasteiger partial charge in [-0.3, -0.25) is 0 Å². The molecule has 1 fully saturated rings. The number of likely N-dealkylation sites (tertiary alicyclic amines) is 1. The monoisotopic (exact) mass is 157 g/mol. The van der Waals surface area contributed by atoms with E-state index in [-0.39, 0.29) is 0 Å². The lowest BCUT2D eigenvalue weighted by atomic mass is 10.0. The summed E-state index contributed by atoms with van der Waals surface area (Å²) < 4.78 is 0. The molecule has 1 rings (SSSR count). The Balaban J connectivity index is 2.09. The average Bonchev–Trinajstić information content (AvgIpc) is 1.98. The van der Waals surface area contributed by atoms with Crippen molar-refractivity contribution in [3.63, 3.8) is 0 Å². The summed E-state index contributed by atoms with van der Waals surface area (Å²) in [6, 6.07) is 0.788. The van der Waals surface area contributed by atoms with Gasteiger partial charge in [-0.25, -0.2) is 0 Å². The predicted octanol–water partition coefficient (Wildman–Crippen LogP) is 1.10. The highest BCUT2D eigenvalue weighted by atomic mass is 16.3. The van der Waals surface area contributed by atoms with Crippen LogP contribution in [0.2, 0.25) is 0 Å². The molecule has 1 saturated heterocycles. The molecule has 11 heavy (non-hydrogen) atoms. The van der Waals surface area contributed by atoms with E-state index in [1.807, 2.05) is 0 Å². The molecule has 0 radical (unpaired) electrons. The number of rotatable bonds is 4. The summed E-state index contributed by atoms with van der Waals surface area (Å²) in [5.41, 5.74) is 0. The van der Waals surface area contributed by atoms with Gasteiger partial charge >= 0.3 is 0 Å². The Morgan fingerprint density at radius 1 is 1.64 bits per heavy atom. The highest BCUT2D eigenvalue weighted by Gasteiger charge is 2.24. The molecule has 0 amide bonds. The van der Waals surface area contributed by atoms with E-state index in [4.69, 9.17) is 5.11 Å². The molecule has 0 aromatic rings. The maximum absolute atomic E-state index is 8.69. The fraction of sp³-hybridized carbons (Fsp3) is 1.00. The average molecular weight is 157 g/mol. The summed E-state index contributed by atoms with van der Waals surface area (Å²) in [5.74, 6) is 0.655.